The van der Waals surface area contributed by atoms with E-state index in [1.807, 2.05) is 20.8 Å². The molecular formula is C12H20N2O3. The van der Waals surface area contributed by atoms with Crippen molar-refractivity contribution in [2.24, 2.45) is 10.6 Å². The maximum atomic E-state index is 11.5. The highest BCUT2D eigenvalue weighted by Gasteiger charge is 2.52. The Morgan fingerprint density at radius 1 is 1.47 bits per heavy atom. The van der Waals surface area contributed by atoms with Crippen LogP contribution in [0.25, 0.3) is 0 Å². The minimum Gasteiger partial charge on any atom is -0.444 e. The maximum Gasteiger partial charge on any atom is 0.407 e. The van der Waals surface area contributed by atoms with Crippen LogP contribution in [0.3, 0.4) is 0 Å². The summed E-state index contributed by atoms with van der Waals surface area (Å²) in [7, 11) is 0. The van der Waals surface area contributed by atoms with E-state index in [-0.39, 0.29) is 12.1 Å². The lowest BCUT2D eigenvalue weighted by atomic mass is 9.53. The summed E-state index contributed by atoms with van der Waals surface area (Å²) in [5, 5.41) is 14.7. The van der Waals surface area contributed by atoms with Gasteiger partial charge in [0, 0.05) is 6.04 Å². The van der Waals surface area contributed by atoms with Gasteiger partial charge in [0.05, 0.1) is 5.71 Å². The van der Waals surface area contributed by atoms with E-state index in [1.165, 1.54) is 0 Å². The number of oxime groups is 1. The third-order valence-corrected chi connectivity index (χ3v) is 3.38. The average molecular weight is 240 g/mol. The minimum atomic E-state index is -0.446. The molecule has 0 aromatic carbocycles. The zero-order valence-corrected chi connectivity index (χ0v) is 10.6. The Balaban J connectivity index is 1.70. The van der Waals surface area contributed by atoms with Gasteiger partial charge in [-0.2, -0.15) is 0 Å². The van der Waals surface area contributed by atoms with Crippen molar-refractivity contribution in [3.05, 3.63) is 0 Å². The zero-order valence-electron chi connectivity index (χ0n) is 10.6. The van der Waals surface area contributed by atoms with E-state index < -0.39 is 5.60 Å². The van der Waals surface area contributed by atoms with Gasteiger partial charge in [-0.15, -0.1) is 0 Å². The predicted octanol–water partition coefficient (Wildman–Crippen LogP) is 2.28. The number of carbonyl (C=O) groups excluding carboxylic acids is 1. The van der Waals surface area contributed by atoms with Gasteiger partial charge in [0.1, 0.15) is 5.60 Å². The molecule has 2 aliphatic carbocycles. The van der Waals surface area contributed by atoms with Gasteiger partial charge in [-0.1, -0.05) is 5.16 Å². The van der Waals surface area contributed by atoms with E-state index in [0.717, 1.165) is 31.4 Å². The molecule has 5 nitrogen and oxygen atoms in total. The third-order valence-electron chi connectivity index (χ3n) is 3.38. The summed E-state index contributed by atoms with van der Waals surface area (Å²) >= 11 is 0. The van der Waals surface area contributed by atoms with Crippen LogP contribution in [0.15, 0.2) is 5.16 Å². The molecule has 2 saturated carbocycles. The zero-order chi connectivity index (χ0) is 12.7. The van der Waals surface area contributed by atoms with Gasteiger partial charge >= 0.3 is 6.09 Å². The number of rotatable bonds is 1. The maximum absolute atomic E-state index is 11.5. The van der Waals surface area contributed by atoms with Crippen molar-refractivity contribution in [2.45, 2.75) is 58.1 Å². The van der Waals surface area contributed by atoms with Gasteiger partial charge in [0.15, 0.2) is 0 Å². The molecule has 5 heteroatoms. The SMILES string of the molecule is CC(C)(C)OC(=O)NC1CC2(CC(=NO)C2)C1. The highest BCUT2D eigenvalue weighted by Crippen LogP contribution is 2.54. The van der Waals surface area contributed by atoms with Crippen molar-refractivity contribution in [3.8, 4) is 0 Å². The number of nitrogens with zero attached hydrogens (tertiary/aromatic N) is 1. The summed E-state index contributed by atoms with van der Waals surface area (Å²) in [5.74, 6) is 0. The number of ether oxygens (including phenoxy) is 1. The van der Waals surface area contributed by atoms with E-state index in [0.29, 0.717) is 5.41 Å². The first kappa shape index (κ1) is 12.2. The fraction of sp³-hybridized carbons (Fsp3) is 0.833. The molecule has 0 heterocycles. The lowest BCUT2D eigenvalue weighted by Crippen LogP contribution is -2.57. The second kappa shape index (κ2) is 3.89. The number of alkyl carbamates (subject to hydrolysis) is 1. The van der Waals surface area contributed by atoms with Crippen LogP contribution in [-0.4, -0.2) is 28.7 Å². The predicted molar refractivity (Wildman–Crippen MR) is 63.3 cm³/mol. The molecule has 0 atom stereocenters. The monoisotopic (exact) mass is 240 g/mol. The van der Waals surface area contributed by atoms with Crippen molar-refractivity contribution in [3.63, 3.8) is 0 Å². The Kier molecular flexibility index (Phi) is 2.79. The number of hydrogen-bond donors (Lipinski definition) is 2. The molecule has 0 unspecified atom stereocenters. The largest absolute Gasteiger partial charge is 0.444 e. The summed E-state index contributed by atoms with van der Waals surface area (Å²) in [4.78, 5) is 11.5. The quantitative estimate of drug-likeness (QED) is 0.545. The topological polar surface area (TPSA) is 70.9 Å². The Morgan fingerprint density at radius 3 is 2.53 bits per heavy atom. The van der Waals surface area contributed by atoms with Crippen LogP contribution < -0.4 is 5.32 Å². The van der Waals surface area contributed by atoms with Crippen LogP contribution >= 0.6 is 0 Å². The van der Waals surface area contributed by atoms with Gasteiger partial charge < -0.3 is 15.3 Å². The van der Waals surface area contributed by atoms with E-state index in [4.69, 9.17) is 9.94 Å². The lowest BCUT2D eigenvalue weighted by molar-refractivity contribution is 0.0280. The molecular weight excluding hydrogens is 220 g/mol. The summed E-state index contributed by atoms with van der Waals surface area (Å²) in [6.07, 6.45) is 3.33. The van der Waals surface area contributed by atoms with Crippen molar-refractivity contribution in [1.29, 1.82) is 0 Å². The summed E-state index contributed by atoms with van der Waals surface area (Å²) in [6, 6.07) is 0.213. The fourth-order valence-corrected chi connectivity index (χ4v) is 2.74. The van der Waals surface area contributed by atoms with E-state index >= 15 is 0 Å². The molecule has 0 saturated heterocycles. The van der Waals surface area contributed by atoms with Crippen molar-refractivity contribution in [1.82, 2.24) is 5.32 Å². The van der Waals surface area contributed by atoms with Crippen molar-refractivity contribution >= 4 is 11.8 Å². The smallest absolute Gasteiger partial charge is 0.407 e. The Hall–Kier alpha value is -1.26. The molecule has 2 rings (SSSR count). The molecule has 0 aromatic rings. The number of amides is 1. The number of carbonyl (C=O) groups is 1. The van der Waals surface area contributed by atoms with Crippen LogP contribution in [0.4, 0.5) is 4.79 Å². The number of hydrogen-bond acceptors (Lipinski definition) is 4. The summed E-state index contributed by atoms with van der Waals surface area (Å²) in [5.41, 5.74) is 0.723. The first-order valence-electron chi connectivity index (χ1n) is 6.01. The average Bonchev–Trinajstić information content (AvgIpc) is 2.03. The molecule has 1 spiro atoms. The van der Waals surface area contributed by atoms with Crippen LogP contribution in [0.5, 0.6) is 0 Å². The summed E-state index contributed by atoms with van der Waals surface area (Å²) < 4.78 is 5.19. The van der Waals surface area contributed by atoms with Gasteiger partial charge in [-0.3, -0.25) is 0 Å². The highest BCUT2D eigenvalue weighted by atomic mass is 16.6. The summed E-state index contributed by atoms with van der Waals surface area (Å²) in [6.45, 7) is 5.56. The van der Waals surface area contributed by atoms with Crippen LogP contribution in [0.1, 0.15) is 46.5 Å². The molecule has 0 aliphatic heterocycles. The van der Waals surface area contributed by atoms with E-state index in [2.05, 4.69) is 10.5 Å². The standard InChI is InChI=1S/C12H20N2O3/c1-11(2,3)17-10(15)13-8-4-12(5-8)6-9(7-12)14-16/h8,16H,4-7H2,1-3H3,(H,13,15). The molecule has 2 aliphatic rings. The lowest BCUT2D eigenvalue weighted by Gasteiger charge is -2.53. The fourth-order valence-electron chi connectivity index (χ4n) is 2.74. The molecule has 2 fully saturated rings. The van der Waals surface area contributed by atoms with Gasteiger partial charge in [-0.25, -0.2) is 4.79 Å². The molecule has 0 radical (unpaired) electrons. The van der Waals surface area contributed by atoms with Gasteiger partial charge in [0.2, 0.25) is 0 Å². The van der Waals surface area contributed by atoms with Crippen molar-refractivity contribution in [2.75, 3.05) is 0 Å². The van der Waals surface area contributed by atoms with Gasteiger partial charge in [0.25, 0.3) is 0 Å². The van der Waals surface area contributed by atoms with E-state index in [9.17, 15) is 4.79 Å². The molecule has 96 valence electrons. The highest BCUT2D eigenvalue weighted by molar-refractivity contribution is 5.91. The number of nitrogens with one attached hydrogen (secondary N) is 1. The van der Waals surface area contributed by atoms with Crippen LogP contribution in [0.2, 0.25) is 0 Å². The first-order chi connectivity index (χ1) is 7.82. The Labute approximate surface area is 101 Å². The van der Waals surface area contributed by atoms with E-state index in [1.54, 1.807) is 0 Å². The van der Waals surface area contributed by atoms with Crippen LogP contribution in [-0.2, 0) is 4.74 Å². The Bertz CT molecular complexity index is 341. The molecule has 0 bridgehead atoms. The Morgan fingerprint density at radius 2 is 2.06 bits per heavy atom. The molecule has 17 heavy (non-hydrogen) atoms. The second-order valence-electron chi connectivity index (χ2n) is 6.27. The second-order valence-corrected chi connectivity index (χ2v) is 6.27. The van der Waals surface area contributed by atoms with Crippen molar-refractivity contribution < 1.29 is 14.7 Å². The molecule has 2 N–H and O–H groups in total. The molecule has 1 amide bonds. The van der Waals surface area contributed by atoms with Crippen LogP contribution in [0, 0.1) is 5.41 Å². The normalized spacial score (nSPS) is 31.5. The van der Waals surface area contributed by atoms with Gasteiger partial charge in [-0.05, 0) is 51.9 Å². The molecule has 0 aromatic heterocycles. The first-order valence-corrected chi connectivity index (χ1v) is 6.01. The third kappa shape index (κ3) is 2.70. The minimum absolute atomic E-state index is 0.213.